The van der Waals surface area contributed by atoms with E-state index in [-0.39, 0.29) is 0 Å². The fourth-order valence-electron chi connectivity index (χ4n) is 1.24. The summed E-state index contributed by atoms with van der Waals surface area (Å²) in [5.74, 6) is 0.261. The zero-order chi connectivity index (χ0) is 12.7. The van der Waals surface area contributed by atoms with E-state index in [0.29, 0.717) is 12.4 Å². The number of carboxylic acids is 1. The Labute approximate surface area is 105 Å². The van der Waals surface area contributed by atoms with Gasteiger partial charge in [0.2, 0.25) is 0 Å². The molecule has 0 aliphatic carbocycles. The molecule has 1 rings (SSSR count). The number of methoxy groups -OCH3 is 1. The van der Waals surface area contributed by atoms with Crippen molar-refractivity contribution in [1.82, 2.24) is 0 Å². The molecule has 0 fully saturated rings. The van der Waals surface area contributed by atoms with E-state index in [9.17, 15) is 4.79 Å². The van der Waals surface area contributed by atoms with Crippen LogP contribution < -0.4 is 4.74 Å². The first-order valence-corrected chi connectivity index (χ1v) is 6.27. The monoisotopic (exact) mass is 256 g/mol. The minimum atomic E-state index is -0.923. The van der Waals surface area contributed by atoms with Crippen LogP contribution in [0.5, 0.6) is 5.75 Å². The van der Waals surface area contributed by atoms with Crippen molar-refractivity contribution in [1.29, 1.82) is 0 Å². The molecule has 5 heteroatoms. The van der Waals surface area contributed by atoms with E-state index in [0.717, 1.165) is 10.6 Å². The van der Waals surface area contributed by atoms with Gasteiger partial charge in [0.05, 0.1) is 7.11 Å². The van der Waals surface area contributed by atoms with E-state index in [2.05, 4.69) is 0 Å². The number of rotatable bonds is 7. The average molecular weight is 256 g/mol. The summed E-state index contributed by atoms with van der Waals surface area (Å²) in [6.45, 7) is 2.19. The second kappa shape index (κ2) is 7.19. The number of aliphatic carboxylic acids is 1. The van der Waals surface area contributed by atoms with Gasteiger partial charge in [0.1, 0.15) is 5.75 Å². The van der Waals surface area contributed by atoms with Crippen molar-refractivity contribution in [2.75, 3.05) is 19.5 Å². The molecule has 1 aromatic rings. The van der Waals surface area contributed by atoms with Crippen molar-refractivity contribution in [3.63, 3.8) is 0 Å². The molecular formula is C12H16O4S. The fraction of sp³-hybridized carbons (Fsp3) is 0.417. The fourth-order valence-corrected chi connectivity index (χ4v) is 2.15. The zero-order valence-electron chi connectivity index (χ0n) is 9.88. The zero-order valence-corrected chi connectivity index (χ0v) is 10.7. The van der Waals surface area contributed by atoms with Gasteiger partial charge in [-0.3, -0.25) is 0 Å². The third-order valence-corrected chi connectivity index (χ3v) is 3.18. The maximum atomic E-state index is 10.9. The molecule has 0 amide bonds. The lowest BCUT2D eigenvalue weighted by atomic mass is 10.3. The quantitative estimate of drug-likeness (QED) is 0.758. The lowest BCUT2D eigenvalue weighted by molar-refractivity contribution is -0.148. The maximum Gasteiger partial charge on any atom is 0.333 e. The van der Waals surface area contributed by atoms with Crippen LogP contribution in [0.15, 0.2) is 29.2 Å². The number of carboxylic acid groups (broad SMARTS) is 1. The predicted molar refractivity (Wildman–Crippen MR) is 66.8 cm³/mol. The molecule has 1 aromatic carbocycles. The Hall–Kier alpha value is -1.20. The van der Waals surface area contributed by atoms with Gasteiger partial charge in [-0.2, -0.15) is 0 Å². The van der Waals surface area contributed by atoms with Crippen LogP contribution >= 0.6 is 11.8 Å². The van der Waals surface area contributed by atoms with Gasteiger partial charge in [-0.25, -0.2) is 4.79 Å². The van der Waals surface area contributed by atoms with Crippen LogP contribution in [0.2, 0.25) is 0 Å². The largest absolute Gasteiger partial charge is 0.497 e. The van der Waals surface area contributed by atoms with Crippen molar-refractivity contribution < 1.29 is 19.4 Å². The second-order valence-corrected chi connectivity index (χ2v) is 4.36. The van der Waals surface area contributed by atoms with E-state index in [4.69, 9.17) is 14.6 Å². The van der Waals surface area contributed by atoms with Gasteiger partial charge in [0, 0.05) is 17.3 Å². The molecule has 0 aliphatic heterocycles. The van der Waals surface area contributed by atoms with Crippen molar-refractivity contribution in [3.05, 3.63) is 24.3 Å². The summed E-state index contributed by atoms with van der Waals surface area (Å²) < 4.78 is 10.2. The van der Waals surface area contributed by atoms with Crippen molar-refractivity contribution in [3.8, 4) is 5.75 Å². The predicted octanol–water partition coefficient (Wildman–Crippen LogP) is 2.28. The van der Waals surface area contributed by atoms with E-state index in [1.807, 2.05) is 24.3 Å². The molecule has 1 N–H and O–H groups in total. The highest BCUT2D eigenvalue weighted by molar-refractivity contribution is 7.99. The molecule has 94 valence electrons. The van der Waals surface area contributed by atoms with Crippen molar-refractivity contribution in [2.24, 2.45) is 0 Å². The van der Waals surface area contributed by atoms with Gasteiger partial charge < -0.3 is 14.6 Å². The Morgan fingerprint density at radius 1 is 1.41 bits per heavy atom. The molecule has 0 heterocycles. The summed E-state index contributed by atoms with van der Waals surface area (Å²) in [7, 11) is 1.61. The van der Waals surface area contributed by atoms with Gasteiger partial charge in [-0.05, 0) is 31.2 Å². The van der Waals surface area contributed by atoms with E-state index >= 15 is 0 Å². The van der Waals surface area contributed by atoms with Gasteiger partial charge in [-0.15, -0.1) is 11.8 Å². The third-order valence-electron chi connectivity index (χ3n) is 2.10. The summed E-state index contributed by atoms with van der Waals surface area (Å²) in [6, 6.07) is 7.49. The third kappa shape index (κ3) is 4.66. The molecule has 0 bridgehead atoms. The van der Waals surface area contributed by atoms with E-state index < -0.39 is 12.1 Å². The Balaban J connectivity index is 2.50. The van der Waals surface area contributed by atoms with Crippen LogP contribution in [0.3, 0.4) is 0 Å². The second-order valence-electron chi connectivity index (χ2n) is 3.27. The van der Waals surface area contributed by atoms with Crippen molar-refractivity contribution >= 4 is 17.7 Å². The molecule has 1 atom stereocenters. The number of hydrogen-bond acceptors (Lipinski definition) is 4. The Bertz CT molecular complexity index is 350. The highest BCUT2D eigenvalue weighted by Crippen LogP contribution is 2.22. The highest BCUT2D eigenvalue weighted by atomic mass is 32.2. The number of thioether (sulfide) groups is 1. The van der Waals surface area contributed by atoms with Gasteiger partial charge in [-0.1, -0.05) is 0 Å². The summed E-state index contributed by atoms with van der Waals surface area (Å²) in [5, 5.41) is 8.91. The summed E-state index contributed by atoms with van der Waals surface area (Å²) in [6.07, 6.45) is -0.757. The number of benzene rings is 1. The van der Waals surface area contributed by atoms with Crippen LogP contribution in [-0.4, -0.2) is 36.6 Å². The highest BCUT2D eigenvalue weighted by Gasteiger charge is 2.17. The van der Waals surface area contributed by atoms with Crippen LogP contribution in [0.4, 0.5) is 0 Å². The lowest BCUT2D eigenvalue weighted by Crippen LogP contribution is -2.26. The Morgan fingerprint density at radius 3 is 2.53 bits per heavy atom. The molecule has 0 spiro atoms. The lowest BCUT2D eigenvalue weighted by Gasteiger charge is -2.11. The summed E-state index contributed by atoms with van der Waals surface area (Å²) in [5.41, 5.74) is 0. The molecule has 0 radical (unpaired) electrons. The molecule has 1 unspecified atom stereocenters. The SMILES string of the molecule is CCOC(CSc1ccc(OC)cc1)C(=O)O. The minimum Gasteiger partial charge on any atom is -0.497 e. The van der Waals surface area contributed by atoms with Crippen molar-refractivity contribution in [2.45, 2.75) is 17.9 Å². The topological polar surface area (TPSA) is 55.8 Å². The first-order chi connectivity index (χ1) is 8.17. The molecule has 4 nitrogen and oxygen atoms in total. The minimum absolute atomic E-state index is 0.398. The Kier molecular flexibility index (Phi) is 5.86. The van der Waals surface area contributed by atoms with Gasteiger partial charge in [0.25, 0.3) is 0 Å². The summed E-state index contributed by atoms with van der Waals surface area (Å²) in [4.78, 5) is 11.8. The van der Waals surface area contributed by atoms with E-state index in [1.54, 1.807) is 14.0 Å². The normalized spacial score (nSPS) is 12.1. The van der Waals surface area contributed by atoms with Gasteiger partial charge in [0.15, 0.2) is 6.10 Å². The molecule has 17 heavy (non-hydrogen) atoms. The van der Waals surface area contributed by atoms with Crippen LogP contribution in [0.25, 0.3) is 0 Å². The molecule has 0 aliphatic rings. The molecule has 0 saturated heterocycles. The maximum absolute atomic E-state index is 10.9. The van der Waals surface area contributed by atoms with Crippen LogP contribution in [0.1, 0.15) is 6.92 Å². The first-order valence-electron chi connectivity index (χ1n) is 5.28. The number of ether oxygens (including phenoxy) is 2. The standard InChI is InChI=1S/C12H16O4S/c1-3-16-11(12(13)14)8-17-10-6-4-9(15-2)5-7-10/h4-7,11H,3,8H2,1-2H3,(H,13,14). The number of hydrogen-bond donors (Lipinski definition) is 1. The van der Waals surface area contributed by atoms with E-state index in [1.165, 1.54) is 11.8 Å². The van der Waals surface area contributed by atoms with Crippen LogP contribution in [-0.2, 0) is 9.53 Å². The summed E-state index contributed by atoms with van der Waals surface area (Å²) >= 11 is 1.45. The smallest absolute Gasteiger partial charge is 0.333 e. The first kappa shape index (κ1) is 13.9. The Morgan fingerprint density at radius 2 is 2.06 bits per heavy atom. The molecule has 0 saturated carbocycles. The van der Waals surface area contributed by atoms with Crippen LogP contribution in [0, 0.1) is 0 Å². The molecular weight excluding hydrogens is 240 g/mol. The van der Waals surface area contributed by atoms with Gasteiger partial charge >= 0.3 is 5.97 Å². The molecule has 0 aromatic heterocycles. The number of carbonyl (C=O) groups is 1. The average Bonchev–Trinajstić information content (AvgIpc) is 2.34.